The molecular weight excluding hydrogens is 340 g/mol. The Kier molecular flexibility index (Phi) is 5.98. The number of hydrogen-bond donors (Lipinski definition) is 1. The highest BCUT2D eigenvalue weighted by Gasteiger charge is 2.48. The van der Waals surface area contributed by atoms with Crippen molar-refractivity contribution in [1.29, 1.82) is 0 Å². The number of esters is 1. The Hall–Kier alpha value is -2.17. The van der Waals surface area contributed by atoms with E-state index in [1.165, 1.54) is 19.3 Å². The van der Waals surface area contributed by atoms with Crippen LogP contribution in [-0.4, -0.2) is 24.3 Å². The van der Waals surface area contributed by atoms with E-state index in [9.17, 15) is 9.59 Å². The molecule has 0 saturated heterocycles. The quantitative estimate of drug-likeness (QED) is 0.775. The number of hydrogen-bond acceptors (Lipinski definition) is 3. The molecule has 2 unspecified atom stereocenters. The minimum Gasteiger partial charge on any atom is -0.465 e. The van der Waals surface area contributed by atoms with Crippen LogP contribution >= 0.6 is 0 Å². The topological polar surface area (TPSA) is 67.8 Å². The van der Waals surface area contributed by atoms with E-state index >= 15 is 0 Å². The number of benzene rings is 1. The van der Waals surface area contributed by atoms with Crippen molar-refractivity contribution in [2.75, 3.05) is 6.61 Å². The molecule has 27 heavy (non-hydrogen) atoms. The fourth-order valence-electron chi connectivity index (χ4n) is 4.35. The predicted octanol–water partition coefficient (Wildman–Crippen LogP) is 4.52. The van der Waals surface area contributed by atoms with Gasteiger partial charge in [0.25, 0.3) is 0 Å². The second-order valence-corrected chi connectivity index (χ2v) is 8.03. The van der Waals surface area contributed by atoms with E-state index < -0.39 is 17.5 Å². The summed E-state index contributed by atoms with van der Waals surface area (Å²) >= 11 is 0. The number of nitrogens with zero attached hydrogens (tertiary/aromatic N) is 1. The first kappa shape index (κ1) is 19.6. The summed E-state index contributed by atoms with van der Waals surface area (Å²) in [7, 11) is 0. The summed E-state index contributed by atoms with van der Waals surface area (Å²) in [5, 5.41) is 2.94. The van der Waals surface area contributed by atoms with Gasteiger partial charge in [0.05, 0.1) is 12.1 Å². The highest BCUT2D eigenvalue weighted by molar-refractivity contribution is 6.10. The number of nitrogens with one attached hydrogen (secondary N) is 1. The Morgan fingerprint density at radius 2 is 2.04 bits per heavy atom. The van der Waals surface area contributed by atoms with Gasteiger partial charge in [-0.3, -0.25) is 4.79 Å². The molecule has 0 radical (unpaired) electrons. The molecule has 0 aromatic heterocycles. The zero-order valence-corrected chi connectivity index (χ0v) is 16.6. The maximum absolute atomic E-state index is 13.1. The number of ether oxygens (including phenoxy) is 1. The number of rotatable bonds is 5. The molecule has 1 heterocycles. The van der Waals surface area contributed by atoms with E-state index in [0.717, 1.165) is 24.0 Å². The van der Waals surface area contributed by atoms with Gasteiger partial charge in [0.1, 0.15) is 5.92 Å². The summed E-state index contributed by atoms with van der Waals surface area (Å²) in [6.45, 7) is 6.29. The highest BCUT2D eigenvalue weighted by Crippen LogP contribution is 2.36. The third kappa shape index (κ3) is 4.23. The van der Waals surface area contributed by atoms with Gasteiger partial charge in [0.2, 0.25) is 0 Å². The SMILES string of the molecule is CCC1=NC(=O)NC(C)(c2cccc(C)c2)C1C(=O)OCC1CCCCC1. The molecule has 2 aliphatic rings. The van der Waals surface area contributed by atoms with Crippen LogP contribution in [0.1, 0.15) is 63.5 Å². The molecular formula is C22H30N2O3. The number of carbonyl (C=O) groups excluding carboxylic acids is 2. The first-order chi connectivity index (χ1) is 12.9. The van der Waals surface area contributed by atoms with Crippen LogP contribution in [0.2, 0.25) is 0 Å². The first-order valence-corrected chi connectivity index (χ1v) is 10.1. The van der Waals surface area contributed by atoms with Crippen LogP contribution in [0.5, 0.6) is 0 Å². The number of carbonyl (C=O) groups is 2. The van der Waals surface area contributed by atoms with Gasteiger partial charge in [-0.05, 0) is 44.6 Å². The highest BCUT2D eigenvalue weighted by atomic mass is 16.5. The van der Waals surface area contributed by atoms with Gasteiger partial charge < -0.3 is 10.1 Å². The Morgan fingerprint density at radius 1 is 1.30 bits per heavy atom. The summed E-state index contributed by atoms with van der Waals surface area (Å²) < 4.78 is 5.76. The molecule has 2 atom stereocenters. The Bertz CT molecular complexity index is 737. The first-order valence-electron chi connectivity index (χ1n) is 10.1. The van der Waals surface area contributed by atoms with Crippen LogP contribution in [0.15, 0.2) is 29.3 Å². The lowest BCUT2D eigenvalue weighted by molar-refractivity contribution is -0.150. The zero-order chi connectivity index (χ0) is 19.4. The summed E-state index contributed by atoms with van der Waals surface area (Å²) in [6.07, 6.45) is 6.49. The van der Waals surface area contributed by atoms with Crippen LogP contribution in [0, 0.1) is 18.8 Å². The summed E-state index contributed by atoms with van der Waals surface area (Å²) in [6, 6.07) is 7.52. The van der Waals surface area contributed by atoms with Gasteiger partial charge in [-0.15, -0.1) is 0 Å². The largest absolute Gasteiger partial charge is 0.465 e. The van der Waals surface area contributed by atoms with E-state index in [2.05, 4.69) is 10.3 Å². The molecule has 1 aliphatic carbocycles. The number of amides is 2. The Labute approximate surface area is 161 Å². The molecule has 1 N–H and O–H groups in total. The van der Waals surface area contributed by atoms with Gasteiger partial charge in [0, 0.05) is 5.71 Å². The van der Waals surface area contributed by atoms with Crippen molar-refractivity contribution < 1.29 is 14.3 Å². The zero-order valence-electron chi connectivity index (χ0n) is 16.6. The number of aliphatic imine (C=N–C) groups is 1. The Balaban J connectivity index is 1.87. The van der Waals surface area contributed by atoms with Crippen molar-refractivity contribution in [1.82, 2.24) is 5.32 Å². The van der Waals surface area contributed by atoms with Crippen LogP contribution in [0.3, 0.4) is 0 Å². The van der Waals surface area contributed by atoms with Crippen molar-refractivity contribution in [3.8, 4) is 0 Å². The lowest BCUT2D eigenvalue weighted by atomic mass is 9.75. The molecule has 0 bridgehead atoms. The second kappa shape index (κ2) is 8.24. The molecule has 0 spiro atoms. The molecule has 1 aromatic carbocycles. The fraction of sp³-hybridized carbons (Fsp3) is 0.591. The summed E-state index contributed by atoms with van der Waals surface area (Å²) in [5.41, 5.74) is 1.71. The van der Waals surface area contributed by atoms with Crippen LogP contribution in [0.4, 0.5) is 4.79 Å². The third-order valence-corrected chi connectivity index (χ3v) is 5.92. The second-order valence-electron chi connectivity index (χ2n) is 8.03. The number of aryl methyl sites for hydroxylation is 1. The van der Waals surface area contributed by atoms with Crippen LogP contribution in [0.25, 0.3) is 0 Å². The molecule has 5 heteroatoms. The normalized spacial score (nSPS) is 26.3. The van der Waals surface area contributed by atoms with Gasteiger partial charge in [-0.2, -0.15) is 0 Å². The van der Waals surface area contributed by atoms with Crippen molar-refractivity contribution in [3.63, 3.8) is 0 Å². The maximum Gasteiger partial charge on any atom is 0.341 e. The van der Waals surface area contributed by atoms with Gasteiger partial charge in [0.15, 0.2) is 0 Å². The van der Waals surface area contributed by atoms with Crippen molar-refractivity contribution in [2.45, 2.75) is 64.8 Å². The average Bonchev–Trinajstić information content (AvgIpc) is 2.66. The molecule has 146 valence electrons. The predicted molar refractivity (Wildman–Crippen MR) is 106 cm³/mol. The molecule has 1 fully saturated rings. The molecule has 1 aromatic rings. The smallest absolute Gasteiger partial charge is 0.341 e. The minimum absolute atomic E-state index is 0.287. The molecule has 5 nitrogen and oxygen atoms in total. The van der Waals surface area contributed by atoms with E-state index in [-0.39, 0.29) is 5.97 Å². The van der Waals surface area contributed by atoms with E-state index in [0.29, 0.717) is 24.7 Å². The van der Waals surface area contributed by atoms with E-state index in [4.69, 9.17) is 4.74 Å². The van der Waals surface area contributed by atoms with Gasteiger partial charge >= 0.3 is 12.0 Å². The average molecular weight is 370 g/mol. The van der Waals surface area contributed by atoms with Crippen molar-refractivity contribution in [2.24, 2.45) is 16.8 Å². The summed E-state index contributed by atoms with van der Waals surface area (Å²) in [4.78, 5) is 29.5. The maximum atomic E-state index is 13.1. The molecule has 2 amide bonds. The van der Waals surface area contributed by atoms with E-state index in [1.54, 1.807) is 0 Å². The van der Waals surface area contributed by atoms with Crippen LogP contribution < -0.4 is 5.32 Å². The number of urea groups is 1. The van der Waals surface area contributed by atoms with Crippen molar-refractivity contribution >= 4 is 17.7 Å². The van der Waals surface area contributed by atoms with Gasteiger partial charge in [-0.25, -0.2) is 9.79 Å². The minimum atomic E-state index is -0.861. The molecule has 3 rings (SSSR count). The fourth-order valence-corrected chi connectivity index (χ4v) is 4.35. The van der Waals surface area contributed by atoms with E-state index in [1.807, 2.05) is 45.0 Å². The standard InChI is InChI=1S/C22H30N2O3/c1-4-18-19(20(25)27-14-16-10-6-5-7-11-16)22(3,24-21(26)23-18)17-12-8-9-15(2)13-17/h8-9,12-13,16,19H,4-7,10-11,14H2,1-3H3,(H,24,26). The summed E-state index contributed by atoms with van der Waals surface area (Å²) in [5.74, 6) is -0.441. The van der Waals surface area contributed by atoms with Gasteiger partial charge in [-0.1, -0.05) is 56.0 Å². The Morgan fingerprint density at radius 3 is 2.70 bits per heavy atom. The molecule has 1 saturated carbocycles. The third-order valence-electron chi connectivity index (χ3n) is 5.92. The lowest BCUT2D eigenvalue weighted by Gasteiger charge is -2.40. The monoisotopic (exact) mass is 370 g/mol. The molecule has 1 aliphatic heterocycles. The van der Waals surface area contributed by atoms with Crippen LogP contribution in [-0.2, 0) is 15.1 Å². The lowest BCUT2D eigenvalue weighted by Crippen LogP contribution is -2.57. The van der Waals surface area contributed by atoms with Crippen molar-refractivity contribution in [3.05, 3.63) is 35.4 Å².